The number of rotatable bonds is 2. The van der Waals surface area contributed by atoms with Gasteiger partial charge >= 0.3 is 0 Å². The first-order chi connectivity index (χ1) is 9.23. The van der Waals surface area contributed by atoms with Gasteiger partial charge < -0.3 is 10.2 Å². The van der Waals surface area contributed by atoms with Gasteiger partial charge in [0.05, 0.1) is 9.79 Å². The van der Waals surface area contributed by atoms with Gasteiger partial charge in [0.1, 0.15) is 11.5 Å². The zero-order valence-electron chi connectivity index (χ0n) is 11.5. The lowest BCUT2D eigenvalue weighted by Gasteiger charge is -2.11. The van der Waals surface area contributed by atoms with E-state index in [1.165, 1.54) is 18.2 Å². The number of sulfone groups is 1. The Morgan fingerprint density at radius 3 is 2.00 bits per heavy atom. The van der Waals surface area contributed by atoms with Crippen LogP contribution in [0.4, 0.5) is 0 Å². The van der Waals surface area contributed by atoms with Gasteiger partial charge in [-0.25, -0.2) is 8.42 Å². The lowest BCUT2D eigenvalue weighted by atomic mass is 10.1. The molecule has 20 heavy (non-hydrogen) atoms. The highest BCUT2D eigenvalue weighted by atomic mass is 32.2. The van der Waals surface area contributed by atoms with Crippen LogP contribution in [0.5, 0.6) is 11.5 Å². The van der Waals surface area contributed by atoms with Crippen LogP contribution in [0, 0.1) is 20.8 Å². The molecule has 2 N–H and O–H groups in total. The van der Waals surface area contributed by atoms with Crippen molar-refractivity contribution in [1.29, 1.82) is 0 Å². The third-order valence-corrected chi connectivity index (χ3v) is 5.17. The zero-order valence-corrected chi connectivity index (χ0v) is 12.3. The first-order valence-electron chi connectivity index (χ1n) is 6.08. The largest absolute Gasteiger partial charge is 0.508 e. The van der Waals surface area contributed by atoms with E-state index < -0.39 is 9.84 Å². The van der Waals surface area contributed by atoms with E-state index >= 15 is 0 Å². The summed E-state index contributed by atoms with van der Waals surface area (Å²) in [5, 5.41) is 19.4. The van der Waals surface area contributed by atoms with Gasteiger partial charge in [-0.15, -0.1) is 0 Å². The monoisotopic (exact) mass is 292 g/mol. The quantitative estimate of drug-likeness (QED) is 0.892. The molecule has 0 saturated heterocycles. The predicted octanol–water partition coefficient (Wildman–Crippen LogP) is 2.86. The molecule has 0 unspecified atom stereocenters. The summed E-state index contributed by atoms with van der Waals surface area (Å²) in [6, 6.07) is 7.08. The SMILES string of the molecule is Cc1ccc(S(=O)(=O)c2cc(O)c(C)cc2C)cc1O. The molecule has 0 aliphatic rings. The third-order valence-electron chi connectivity index (χ3n) is 3.27. The molecular formula is C15H16O4S. The fourth-order valence-corrected chi connectivity index (χ4v) is 3.51. The summed E-state index contributed by atoms with van der Waals surface area (Å²) in [6.45, 7) is 5.07. The molecule has 0 atom stereocenters. The molecule has 0 aromatic heterocycles. The molecule has 0 aliphatic carbocycles. The highest BCUT2D eigenvalue weighted by molar-refractivity contribution is 7.91. The number of hydrogen-bond donors (Lipinski definition) is 2. The van der Waals surface area contributed by atoms with E-state index in [0.717, 1.165) is 0 Å². The molecule has 2 aromatic carbocycles. The summed E-state index contributed by atoms with van der Waals surface area (Å²) >= 11 is 0. The molecule has 0 fully saturated rings. The van der Waals surface area contributed by atoms with Crippen LogP contribution in [0.3, 0.4) is 0 Å². The third kappa shape index (κ3) is 2.36. The van der Waals surface area contributed by atoms with E-state index in [9.17, 15) is 18.6 Å². The van der Waals surface area contributed by atoms with E-state index in [-0.39, 0.29) is 21.3 Å². The fraction of sp³-hybridized carbons (Fsp3) is 0.200. The van der Waals surface area contributed by atoms with E-state index in [0.29, 0.717) is 16.7 Å². The van der Waals surface area contributed by atoms with Gasteiger partial charge in [-0.05, 0) is 55.7 Å². The molecular weight excluding hydrogens is 276 g/mol. The van der Waals surface area contributed by atoms with Crippen molar-refractivity contribution < 1.29 is 18.6 Å². The molecule has 0 saturated carbocycles. The zero-order chi connectivity index (χ0) is 15.1. The average molecular weight is 292 g/mol. The summed E-state index contributed by atoms with van der Waals surface area (Å²) in [7, 11) is -3.77. The smallest absolute Gasteiger partial charge is 0.207 e. The molecule has 4 nitrogen and oxygen atoms in total. The van der Waals surface area contributed by atoms with Crippen LogP contribution in [0.1, 0.15) is 16.7 Å². The lowest BCUT2D eigenvalue weighted by Crippen LogP contribution is -2.04. The van der Waals surface area contributed by atoms with Crippen molar-refractivity contribution in [2.75, 3.05) is 0 Å². The minimum Gasteiger partial charge on any atom is -0.508 e. The van der Waals surface area contributed by atoms with E-state index in [4.69, 9.17) is 0 Å². The molecule has 2 rings (SSSR count). The van der Waals surface area contributed by atoms with Crippen molar-refractivity contribution in [2.45, 2.75) is 30.6 Å². The van der Waals surface area contributed by atoms with Crippen LogP contribution in [-0.4, -0.2) is 18.6 Å². The van der Waals surface area contributed by atoms with Gasteiger partial charge in [0.15, 0.2) is 0 Å². The topological polar surface area (TPSA) is 74.6 Å². The van der Waals surface area contributed by atoms with Crippen molar-refractivity contribution in [3.8, 4) is 11.5 Å². The van der Waals surface area contributed by atoms with E-state index in [1.54, 1.807) is 32.9 Å². The van der Waals surface area contributed by atoms with Gasteiger partial charge in [-0.2, -0.15) is 0 Å². The Morgan fingerprint density at radius 2 is 1.40 bits per heavy atom. The highest BCUT2D eigenvalue weighted by Gasteiger charge is 2.22. The van der Waals surface area contributed by atoms with Crippen LogP contribution in [-0.2, 0) is 9.84 Å². The van der Waals surface area contributed by atoms with Crippen LogP contribution in [0.2, 0.25) is 0 Å². The molecule has 0 bridgehead atoms. The number of aromatic hydroxyl groups is 2. The number of phenolic OH excluding ortho intramolecular Hbond substituents is 2. The van der Waals surface area contributed by atoms with E-state index in [1.807, 2.05) is 0 Å². The standard InChI is InChI=1S/C15H16O4S/c1-9-4-5-12(7-13(9)16)20(18,19)15-8-14(17)10(2)6-11(15)3/h4-8,16-17H,1-3H3. The Balaban J connectivity index is 2.66. The van der Waals surface area contributed by atoms with Crippen molar-refractivity contribution in [2.24, 2.45) is 0 Å². The number of aryl methyl sites for hydroxylation is 3. The summed E-state index contributed by atoms with van der Waals surface area (Å²) in [5.41, 5.74) is 1.78. The Labute approximate surface area is 118 Å². The maximum atomic E-state index is 12.6. The lowest BCUT2D eigenvalue weighted by molar-refractivity contribution is 0.468. The molecule has 5 heteroatoms. The van der Waals surface area contributed by atoms with E-state index in [2.05, 4.69) is 0 Å². The fourth-order valence-electron chi connectivity index (χ4n) is 1.99. The molecule has 0 spiro atoms. The van der Waals surface area contributed by atoms with Crippen molar-refractivity contribution in [3.05, 3.63) is 47.0 Å². The molecule has 0 heterocycles. The molecule has 0 amide bonds. The second-order valence-corrected chi connectivity index (χ2v) is 6.77. The number of benzene rings is 2. The maximum Gasteiger partial charge on any atom is 0.207 e. The summed E-state index contributed by atoms with van der Waals surface area (Å²) < 4.78 is 25.1. The molecule has 0 radical (unpaired) electrons. The summed E-state index contributed by atoms with van der Waals surface area (Å²) in [4.78, 5) is 0.0517. The summed E-state index contributed by atoms with van der Waals surface area (Å²) in [5.74, 6) is -0.134. The Bertz CT molecular complexity index is 777. The van der Waals surface area contributed by atoms with Crippen molar-refractivity contribution in [1.82, 2.24) is 0 Å². The molecule has 0 aliphatic heterocycles. The number of hydrogen-bond acceptors (Lipinski definition) is 4. The molecule has 106 valence electrons. The first kappa shape index (κ1) is 14.4. The average Bonchev–Trinajstić information content (AvgIpc) is 2.36. The van der Waals surface area contributed by atoms with Gasteiger partial charge in [0, 0.05) is 0 Å². The first-order valence-corrected chi connectivity index (χ1v) is 7.56. The maximum absolute atomic E-state index is 12.6. The van der Waals surface area contributed by atoms with Crippen LogP contribution in [0.15, 0.2) is 40.1 Å². The number of phenols is 2. The van der Waals surface area contributed by atoms with Gasteiger partial charge in [-0.3, -0.25) is 0 Å². The normalized spacial score (nSPS) is 11.6. The van der Waals surface area contributed by atoms with Crippen LogP contribution < -0.4 is 0 Å². The minimum atomic E-state index is -3.77. The predicted molar refractivity (Wildman–Crippen MR) is 75.9 cm³/mol. The molecule has 2 aromatic rings. The van der Waals surface area contributed by atoms with Gasteiger partial charge in [0.25, 0.3) is 0 Å². The van der Waals surface area contributed by atoms with Gasteiger partial charge in [-0.1, -0.05) is 12.1 Å². The highest BCUT2D eigenvalue weighted by Crippen LogP contribution is 2.31. The van der Waals surface area contributed by atoms with Crippen molar-refractivity contribution >= 4 is 9.84 Å². The minimum absolute atomic E-state index is 0.00644. The summed E-state index contributed by atoms with van der Waals surface area (Å²) in [6.07, 6.45) is 0. The van der Waals surface area contributed by atoms with Crippen LogP contribution >= 0.6 is 0 Å². The van der Waals surface area contributed by atoms with Crippen LogP contribution in [0.25, 0.3) is 0 Å². The van der Waals surface area contributed by atoms with Crippen molar-refractivity contribution in [3.63, 3.8) is 0 Å². The Hall–Kier alpha value is -2.01. The second-order valence-electron chi connectivity index (χ2n) is 4.86. The second kappa shape index (κ2) is 4.83. The Morgan fingerprint density at radius 1 is 0.800 bits per heavy atom. The Kier molecular flexibility index (Phi) is 3.48. The van der Waals surface area contributed by atoms with Gasteiger partial charge in [0.2, 0.25) is 9.84 Å².